The van der Waals surface area contributed by atoms with Crippen molar-refractivity contribution in [1.82, 2.24) is 4.98 Å². The Morgan fingerprint density at radius 3 is 2.90 bits per heavy atom. The summed E-state index contributed by atoms with van der Waals surface area (Å²) >= 11 is 3.24. The second kappa shape index (κ2) is 5.97. The Morgan fingerprint density at radius 1 is 1.57 bits per heavy atom. The van der Waals surface area contributed by atoms with Crippen molar-refractivity contribution in [3.8, 4) is 0 Å². The molecule has 2 N–H and O–H groups in total. The van der Waals surface area contributed by atoms with Crippen molar-refractivity contribution >= 4 is 33.3 Å². The lowest BCUT2D eigenvalue weighted by Crippen LogP contribution is -2.46. The summed E-state index contributed by atoms with van der Waals surface area (Å²) in [6.45, 7) is 1.69. The molecule has 1 saturated carbocycles. The Balaban J connectivity index is 2.36. The summed E-state index contributed by atoms with van der Waals surface area (Å²) < 4.78 is 0.454. The molecule has 0 bridgehead atoms. The molecule has 2 atom stereocenters. The van der Waals surface area contributed by atoms with E-state index >= 15 is 0 Å². The summed E-state index contributed by atoms with van der Waals surface area (Å²) in [5.74, 6) is -0.882. The van der Waals surface area contributed by atoms with Crippen LogP contribution in [-0.4, -0.2) is 27.0 Å². The van der Waals surface area contributed by atoms with E-state index in [1.807, 2.05) is 0 Å². The first-order chi connectivity index (χ1) is 9.86. The molecular weight excluding hydrogens is 342 g/mol. The first kappa shape index (κ1) is 15.7. The van der Waals surface area contributed by atoms with Gasteiger partial charge in [-0.15, -0.1) is 0 Å². The molecule has 2 rings (SSSR count). The van der Waals surface area contributed by atoms with Gasteiger partial charge >= 0.3 is 11.7 Å². The number of nitrogens with one attached hydrogen (secondary N) is 1. The highest BCUT2D eigenvalue weighted by Gasteiger charge is 2.44. The number of carboxylic acids is 1. The summed E-state index contributed by atoms with van der Waals surface area (Å²) in [5.41, 5.74) is -0.813. The summed E-state index contributed by atoms with van der Waals surface area (Å²) in [6.07, 6.45) is 5.58. The number of hydrogen-bond acceptors (Lipinski definition) is 5. The van der Waals surface area contributed by atoms with Crippen molar-refractivity contribution in [3.05, 3.63) is 27.0 Å². The summed E-state index contributed by atoms with van der Waals surface area (Å²) in [7, 11) is 0. The normalized spacial score (nSPS) is 25.3. The summed E-state index contributed by atoms with van der Waals surface area (Å²) in [4.78, 5) is 25.9. The van der Waals surface area contributed by atoms with Crippen LogP contribution in [-0.2, 0) is 4.79 Å². The standard InChI is InChI=1S/C13H16BrN3O4/c1-13(12(18)19)5-3-2-4-10(13)16-11-8(14)6-15-7-9(11)17(20)21/h6-7,10H,2-5H2,1H3,(H,15,16)(H,18,19). The molecule has 1 aromatic rings. The predicted molar refractivity (Wildman–Crippen MR) is 80.2 cm³/mol. The zero-order valence-corrected chi connectivity index (χ0v) is 13.1. The molecule has 1 fully saturated rings. The molecular formula is C13H16BrN3O4. The molecule has 114 valence electrons. The molecule has 1 aromatic heterocycles. The molecule has 1 aliphatic rings. The molecule has 0 aromatic carbocycles. The largest absolute Gasteiger partial charge is 0.481 e. The van der Waals surface area contributed by atoms with Gasteiger partial charge in [0.1, 0.15) is 11.9 Å². The van der Waals surface area contributed by atoms with E-state index < -0.39 is 16.3 Å². The second-order valence-electron chi connectivity index (χ2n) is 5.44. The van der Waals surface area contributed by atoms with E-state index in [-0.39, 0.29) is 17.4 Å². The van der Waals surface area contributed by atoms with Gasteiger partial charge in [0, 0.05) is 12.2 Å². The van der Waals surface area contributed by atoms with Crippen LogP contribution >= 0.6 is 15.9 Å². The summed E-state index contributed by atoms with van der Waals surface area (Å²) in [5, 5.41) is 23.7. The Bertz CT molecular complexity index is 581. The van der Waals surface area contributed by atoms with Gasteiger partial charge < -0.3 is 10.4 Å². The van der Waals surface area contributed by atoms with E-state index in [2.05, 4.69) is 26.2 Å². The lowest BCUT2D eigenvalue weighted by molar-refractivity contribution is -0.384. The van der Waals surface area contributed by atoms with Gasteiger partial charge in [-0.1, -0.05) is 12.8 Å². The highest BCUT2D eigenvalue weighted by Crippen LogP contribution is 2.41. The Labute approximate surface area is 130 Å². The maximum absolute atomic E-state index is 11.6. The lowest BCUT2D eigenvalue weighted by Gasteiger charge is -2.38. The van der Waals surface area contributed by atoms with Gasteiger partial charge in [-0.3, -0.25) is 19.9 Å². The van der Waals surface area contributed by atoms with Crippen LogP contribution in [0.3, 0.4) is 0 Å². The molecule has 0 spiro atoms. The van der Waals surface area contributed by atoms with Crippen molar-refractivity contribution in [2.24, 2.45) is 5.41 Å². The highest BCUT2D eigenvalue weighted by molar-refractivity contribution is 9.10. The average Bonchev–Trinajstić information content (AvgIpc) is 2.42. The Kier molecular flexibility index (Phi) is 4.46. The number of rotatable bonds is 4. The van der Waals surface area contributed by atoms with Crippen LogP contribution in [0.4, 0.5) is 11.4 Å². The SMILES string of the molecule is CC1(C(=O)O)CCCCC1Nc1c(Br)cncc1[N+](=O)[O-]. The molecule has 8 heteroatoms. The van der Waals surface area contributed by atoms with Crippen molar-refractivity contribution in [2.45, 2.75) is 38.6 Å². The first-order valence-electron chi connectivity index (χ1n) is 6.64. The number of carbonyl (C=O) groups is 1. The zero-order valence-electron chi connectivity index (χ0n) is 11.5. The van der Waals surface area contributed by atoms with Gasteiger partial charge in [-0.2, -0.15) is 0 Å². The zero-order chi connectivity index (χ0) is 15.6. The number of halogens is 1. The van der Waals surface area contributed by atoms with Crippen molar-refractivity contribution < 1.29 is 14.8 Å². The smallest absolute Gasteiger partial charge is 0.311 e. The predicted octanol–water partition coefficient (Wildman–Crippen LogP) is 3.20. The summed E-state index contributed by atoms with van der Waals surface area (Å²) in [6, 6.07) is -0.360. The van der Waals surface area contributed by atoms with Crippen LogP contribution < -0.4 is 5.32 Å². The maximum Gasteiger partial charge on any atom is 0.311 e. The van der Waals surface area contributed by atoms with Crippen LogP contribution in [0.1, 0.15) is 32.6 Å². The molecule has 7 nitrogen and oxygen atoms in total. The highest BCUT2D eigenvalue weighted by atomic mass is 79.9. The van der Waals surface area contributed by atoms with Gasteiger partial charge in [0.05, 0.1) is 14.8 Å². The van der Waals surface area contributed by atoms with Gasteiger partial charge in [0.25, 0.3) is 0 Å². The monoisotopic (exact) mass is 357 g/mol. The number of nitro groups is 1. The van der Waals surface area contributed by atoms with Gasteiger partial charge in [-0.05, 0) is 35.7 Å². The molecule has 0 radical (unpaired) electrons. The fourth-order valence-corrected chi connectivity index (χ4v) is 3.14. The van der Waals surface area contributed by atoms with Crippen LogP contribution in [0.5, 0.6) is 0 Å². The number of carboxylic acid groups (broad SMARTS) is 1. The van der Waals surface area contributed by atoms with Crippen LogP contribution in [0, 0.1) is 15.5 Å². The fourth-order valence-electron chi connectivity index (χ4n) is 2.70. The minimum Gasteiger partial charge on any atom is -0.481 e. The topological polar surface area (TPSA) is 105 Å². The van der Waals surface area contributed by atoms with Crippen LogP contribution in [0.25, 0.3) is 0 Å². The van der Waals surface area contributed by atoms with Gasteiger partial charge in [0.2, 0.25) is 0 Å². The van der Waals surface area contributed by atoms with E-state index in [4.69, 9.17) is 0 Å². The Hall–Kier alpha value is -1.70. The quantitative estimate of drug-likeness (QED) is 0.633. The lowest BCUT2D eigenvalue weighted by atomic mass is 9.71. The number of pyridine rings is 1. The fraction of sp³-hybridized carbons (Fsp3) is 0.538. The van der Waals surface area contributed by atoms with Crippen molar-refractivity contribution in [3.63, 3.8) is 0 Å². The first-order valence-corrected chi connectivity index (χ1v) is 7.43. The number of aromatic nitrogens is 1. The van der Waals surface area contributed by atoms with E-state index in [0.29, 0.717) is 17.3 Å². The average molecular weight is 358 g/mol. The minimum absolute atomic E-state index is 0.164. The van der Waals surface area contributed by atoms with Crippen molar-refractivity contribution in [1.29, 1.82) is 0 Å². The molecule has 0 amide bonds. The Morgan fingerprint density at radius 2 is 2.29 bits per heavy atom. The van der Waals surface area contributed by atoms with Gasteiger partial charge in [-0.25, -0.2) is 0 Å². The third-order valence-corrected chi connectivity index (χ3v) is 4.69. The number of anilines is 1. The minimum atomic E-state index is -0.936. The second-order valence-corrected chi connectivity index (χ2v) is 6.29. The van der Waals surface area contributed by atoms with Crippen LogP contribution in [0.15, 0.2) is 16.9 Å². The van der Waals surface area contributed by atoms with Crippen LogP contribution in [0.2, 0.25) is 0 Å². The molecule has 2 unspecified atom stereocenters. The van der Waals surface area contributed by atoms with E-state index in [9.17, 15) is 20.0 Å². The molecule has 1 aliphatic carbocycles. The third-order valence-electron chi connectivity index (χ3n) is 4.09. The van der Waals surface area contributed by atoms with E-state index in [1.165, 1.54) is 6.20 Å². The number of hydrogen-bond donors (Lipinski definition) is 2. The number of aliphatic carboxylic acids is 1. The molecule has 0 saturated heterocycles. The maximum atomic E-state index is 11.6. The number of nitrogens with zero attached hydrogens (tertiary/aromatic N) is 2. The molecule has 21 heavy (non-hydrogen) atoms. The molecule has 0 aliphatic heterocycles. The van der Waals surface area contributed by atoms with Crippen molar-refractivity contribution in [2.75, 3.05) is 5.32 Å². The van der Waals surface area contributed by atoms with E-state index in [0.717, 1.165) is 19.0 Å². The van der Waals surface area contributed by atoms with Gasteiger partial charge in [0.15, 0.2) is 0 Å². The van der Waals surface area contributed by atoms with E-state index in [1.54, 1.807) is 6.92 Å². The third kappa shape index (κ3) is 2.99. The molecule has 1 heterocycles.